The third-order valence-electron chi connectivity index (χ3n) is 3.96. The predicted molar refractivity (Wildman–Crippen MR) is 91.1 cm³/mol. The van der Waals surface area contributed by atoms with Gasteiger partial charge in [0.05, 0.1) is 0 Å². The molecule has 0 amide bonds. The average Bonchev–Trinajstić information content (AvgIpc) is 2.56. The summed E-state index contributed by atoms with van der Waals surface area (Å²) in [7, 11) is 2.17. The molecule has 0 N–H and O–H groups in total. The van der Waals surface area contributed by atoms with E-state index < -0.39 is 0 Å². The van der Waals surface area contributed by atoms with Crippen molar-refractivity contribution >= 4 is 6.08 Å². The van der Waals surface area contributed by atoms with Crippen LogP contribution in [-0.2, 0) is 0 Å². The second-order valence-electron chi connectivity index (χ2n) is 5.61. The molecule has 2 aromatic rings. The first-order chi connectivity index (χ1) is 10.3. The van der Waals surface area contributed by atoms with Crippen molar-refractivity contribution < 1.29 is 12.4 Å². The van der Waals surface area contributed by atoms with Crippen LogP contribution in [0.15, 0.2) is 72.3 Å². The van der Waals surface area contributed by atoms with Crippen LogP contribution in [-0.4, -0.2) is 25.0 Å². The smallest absolute Gasteiger partial charge is 0.0165 e. The highest BCUT2D eigenvalue weighted by atomic mass is 35.5. The summed E-state index contributed by atoms with van der Waals surface area (Å²) in [6, 6.07) is 19.3. The van der Waals surface area contributed by atoms with Crippen LogP contribution in [0.1, 0.15) is 12.0 Å². The van der Waals surface area contributed by atoms with E-state index in [0.717, 1.165) is 19.5 Å². The Balaban J connectivity index is 0.00000176. The molecule has 0 atom stereocenters. The van der Waals surface area contributed by atoms with Gasteiger partial charge >= 0.3 is 0 Å². The van der Waals surface area contributed by atoms with Crippen LogP contribution < -0.4 is 12.4 Å². The predicted octanol–water partition coefficient (Wildman–Crippen LogP) is 1.63. The summed E-state index contributed by atoms with van der Waals surface area (Å²) in [5, 5.41) is 0. The third kappa shape index (κ3) is 4.33. The maximum Gasteiger partial charge on any atom is 0.0165 e. The van der Waals surface area contributed by atoms with Gasteiger partial charge in [-0.05, 0) is 35.7 Å². The van der Waals surface area contributed by atoms with Crippen molar-refractivity contribution in [2.75, 3.05) is 20.1 Å². The summed E-state index contributed by atoms with van der Waals surface area (Å²) < 4.78 is 0. The van der Waals surface area contributed by atoms with E-state index in [1.807, 2.05) is 0 Å². The van der Waals surface area contributed by atoms with E-state index in [-0.39, 0.29) is 12.4 Å². The molecule has 0 aliphatic carbocycles. The fraction of sp³-hybridized carbons (Fsp3) is 0.200. The maximum absolute atomic E-state index is 2.34. The van der Waals surface area contributed by atoms with E-state index in [2.05, 4.69) is 84.8 Å². The molecule has 22 heavy (non-hydrogen) atoms. The molecule has 0 bridgehead atoms. The molecular formula is C20H21ClN-. The average molecular weight is 311 g/mol. The Morgan fingerprint density at radius 2 is 1.55 bits per heavy atom. The Hall–Kier alpha value is -1.83. The molecule has 0 saturated carbocycles. The van der Waals surface area contributed by atoms with E-state index in [9.17, 15) is 0 Å². The second-order valence-corrected chi connectivity index (χ2v) is 5.61. The summed E-state index contributed by atoms with van der Waals surface area (Å²) in [6.07, 6.45) is 7.93. The summed E-state index contributed by atoms with van der Waals surface area (Å²) >= 11 is 0. The molecule has 0 unspecified atom stereocenters. The van der Waals surface area contributed by atoms with Gasteiger partial charge in [0.25, 0.3) is 0 Å². The Morgan fingerprint density at radius 1 is 0.864 bits per heavy atom. The zero-order valence-electron chi connectivity index (χ0n) is 12.9. The van der Waals surface area contributed by atoms with Crippen molar-refractivity contribution in [3.63, 3.8) is 0 Å². The number of rotatable bonds is 3. The SMILES string of the molecule is CN1CC=C(/C=C/c2ccc(-c3ccccc3)cc2)CC1.[Cl-]. The Kier molecular flexibility index (Phi) is 6.00. The highest BCUT2D eigenvalue weighted by molar-refractivity contribution is 5.66. The number of nitrogens with zero attached hydrogens (tertiary/aromatic N) is 1. The summed E-state index contributed by atoms with van der Waals surface area (Å²) in [4.78, 5) is 2.34. The molecule has 0 aromatic heterocycles. The van der Waals surface area contributed by atoms with Crippen LogP contribution in [0, 0.1) is 0 Å². The van der Waals surface area contributed by atoms with Crippen LogP contribution >= 0.6 is 0 Å². The van der Waals surface area contributed by atoms with Crippen molar-refractivity contribution in [3.05, 3.63) is 77.9 Å². The molecule has 2 heteroatoms. The van der Waals surface area contributed by atoms with Crippen molar-refractivity contribution in [1.82, 2.24) is 4.90 Å². The molecule has 0 fully saturated rings. The lowest BCUT2D eigenvalue weighted by Crippen LogP contribution is -3.00. The van der Waals surface area contributed by atoms with Crippen LogP contribution in [0.3, 0.4) is 0 Å². The largest absolute Gasteiger partial charge is 1.00 e. The van der Waals surface area contributed by atoms with Crippen LogP contribution in [0.5, 0.6) is 0 Å². The molecule has 0 radical (unpaired) electrons. The van der Waals surface area contributed by atoms with E-state index in [1.54, 1.807) is 0 Å². The van der Waals surface area contributed by atoms with Gasteiger partial charge in [0.1, 0.15) is 0 Å². The monoisotopic (exact) mass is 310 g/mol. The Labute approximate surface area is 139 Å². The molecule has 1 aliphatic heterocycles. The lowest BCUT2D eigenvalue weighted by Gasteiger charge is -2.20. The summed E-state index contributed by atoms with van der Waals surface area (Å²) in [6.45, 7) is 2.22. The van der Waals surface area contributed by atoms with Gasteiger partial charge in [-0.15, -0.1) is 0 Å². The minimum absolute atomic E-state index is 0. The van der Waals surface area contributed by atoms with Gasteiger partial charge in [-0.3, -0.25) is 0 Å². The lowest BCUT2D eigenvalue weighted by molar-refractivity contribution is -0.00000414. The quantitative estimate of drug-likeness (QED) is 0.833. The number of likely N-dealkylation sites (N-methyl/N-ethyl adjacent to an activating group) is 1. The molecule has 1 heterocycles. The fourth-order valence-corrected chi connectivity index (χ4v) is 2.56. The molecular weight excluding hydrogens is 290 g/mol. The topological polar surface area (TPSA) is 3.24 Å². The van der Waals surface area contributed by atoms with Crippen LogP contribution in [0.2, 0.25) is 0 Å². The molecule has 114 valence electrons. The first-order valence-electron chi connectivity index (χ1n) is 7.52. The molecule has 0 saturated heterocycles. The molecule has 1 nitrogen and oxygen atoms in total. The summed E-state index contributed by atoms with van der Waals surface area (Å²) in [5.41, 5.74) is 5.24. The Morgan fingerprint density at radius 3 is 2.18 bits per heavy atom. The maximum atomic E-state index is 2.34. The van der Waals surface area contributed by atoms with Gasteiger partial charge in [-0.25, -0.2) is 0 Å². The van der Waals surface area contributed by atoms with Gasteiger partial charge < -0.3 is 17.3 Å². The Bertz CT molecular complexity index is 641. The van der Waals surface area contributed by atoms with Gasteiger partial charge in [0, 0.05) is 13.1 Å². The normalized spacial score (nSPS) is 15.4. The standard InChI is InChI=1S/C20H21N.ClH/c1-21-15-13-18(14-16-21)8-7-17-9-11-20(12-10-17)19-5-3-2-4-6-19;/h2-13H,14-16H2,1H3;1H/p-1/b8-7+;. The van der Waals surface area contributed by atoms with E-state index in [1.165, 1.54) is 22.3 Å². The van der Waals surface area contributed by atoms with Gasteiger partial charge in [-0.2, -0.15) is 0 Å². The molecule has 1 aliphatic rings. The molecule has 2 aromatic carbocycles. The number of allylic oxidation sites excluding steroid dienone is 1. The van der Waals surface area contributed by atoms with Crippen LogP contribution in [0.25, 0.3) is 17.2 Å². The minimum Gasteiger partial charge on any atom is -1.00 e. The number of halogens is 1. The van der Waals surface area contributed by atoms with Crippen molar-refractivity contribution in [1.29, 1.82) is 0 Å². The second kappa shape index (κ2) is 7.98. The minimum atomic E-state index is 0. The lowest BCUT2D eigenvalue weighted by atomic mass is 10.0. The first kappa shape index (κ1) is 16.5. The number of hydrogen-bond donors (Lipinski definition) is 0. The van der Waals surface area contributed by atoms with Crippen molar-refractivity contribution in [2.45, 2.75) is 6.42 Å². The van der Waals surface area contributed by atoms with Crippen molar-refractivity contribution in [2.24, 2.45) is 0 Å². The third-order valence-corrected chi connectivity index (χ3v) is 3.96. The van der Waals surface area contributed by atoms with Gasteiger partial charge in [0.15, 0.2) is 0 Å². The van der Waals surface area contributed by atoms with E-state index >= 15 is 0 Å². The first-order valence-corrected chi connectivity index (χ1v) is 7.52. The number of benzene rings is 2. The highest BCUT2D eigenvalue weighted by Crippen LogP contribution is 2.20. The number of hydrogen-bond acceptors (Lipinski definition) is 1. The highest BCUT2D eigenvalue weighted by Gasteiger charge is 2.04. The fourth-order valence-electron chi connectivity index (χ4n) is 2.56. The zero-order chi connectivity index (χ0) is 14.5. The molecule has 3 rings (SSSR count). The molecule has 0 spiro atoms. The van der Waals surface area contributed by atoms with Gasteiger partial charge in [-0.1, -0.05) is 72.8 Å². The van der Waals surface area contributed by atoms with Gasteiger partial charge in [0.2, 0.25) is 0 Å². The zero-order valence-corrected chi connectivity index (χ0v) is 13.6. The van der Waals surface area contributed by atoms with Crippen molar-refractivity contribution in [3.8, 4) is 11.1 Å². The van der Waals surface area contributed by atoms with Crippen LogP contribution in [0.4, 0.5) is 0 Å². The summed E-state index contributed by atoms with van der Waals surface area (Å²) in [5.74, 6) is 0. The van der Waals surface area contributed by atoms with E-state index in [4.69, 9.17) is 0 Å². The van der Waals surface area contributed by atoms with E-state index in [0.29, 0.717) is 0 Å².